The maximum absolute atomic E-state index is 13.8. The normalized spacial score (nSPS) is 20.8. The van der Waals surface area contributed by atoms with Crippen molar-refractivity contribution in [3.63, 3.8) is 0 Å². The van der Waals surface area contributed by atoms with Gasteiger partial charge in [-0.2, -0.15) is 0 Å². The number of methoxy groups -OCH3 is 1. The fourth-order valence-corrected chi connectivity index (χ4v) is 4.06. The summed E-state index contributed by atoms with van der Waals surface area (Å²) in [5.74, 6) is 1.45. The molecule has 0 radical (unpaired) electrons. The topological polar surface area (TPSA) is 33.6 Å². The molecule has 0 amide bonds. The molecule has 108 valence electrons. The molecule has 1 saturated carbocycles. The number of benzene rings is 1. The van der Waals surface area contributed by atoms with E-state index in [4.69, 9.17) is 4.74 Å². The number of nitrogens with one attached hydrogen (secondary N) is 1. The van der Waals surface area contributed by atoms with Gasteiger partial charge in [-0.25, -0.2) is 4.39 Å². The van der Waals surface area contributed by atoms with Crippen molar-refractivity contribution < 1.29 is 9.13 Å². The summed E-state index contributed by atoms with van der Waals surface area (Å²) in [5, 5.41) is 3.90. The van der Waals surface area contributed by atoms with E-state index in [1.54, 1.807) is 31.0 Å². The summed E-state index contributed by atoms with van der Waals surface area (Å²) in [4.78, 5) is 4.62. The van der Waals surface area contributed by atoms with Crippen LogP contribution < -0.4 is 10.1 Å². The molecular formula is C15H19FN2OS. The molecule has 0 unspecified atom stereocenters. The summed E-state index contributed by atoms with van der Waals surface area (Å²) in [7, 11) is 1.58. The van der Waals surface area contributed by atoms with Crippen molar-refractivity contribution in [2.45, 2.75) is 25.7 Å². The number of amidine groups is 1. The zero-order valence-electron chi connectivity index (χ0n) is 11.6. The zero-order valence-corrected chi connectivity index (χ0v) is 12.4. The lowest BCUT2D eigenvalue weighted by Gasteiger charge is -2.31. The quantitative estimate of drug-likeness (QED) is 0.898. The van der Waals surface area contributed by atoms with Crippen LogP contribution in [0.2, 0.25) is 0 Å². The smallest absolute Gasteiger partial charge is 0.161 e. The summed E-state index contributed by atoms with van der Waals surface area (Å²) < 4.78 is 18.9. The number of ether oxygens (including phenoxy) is 1. The molecular weight excluding hydrogens is 275 g/mol. The van der Waals surface area contributed by atoms with Crippen LogP contribution in [-0.2, 0) is 0 Å². The minimum atomic E-state index is -0.282. The van der Waals surface area contributed by atoms with Gasteiger partial charge in [-0.3, -0.25) is 4.99 Å². The van der Waals surface area contributed by atoms with Gasteiger partial charge in [-0.15, -0.1) is 0 Å². The minimum absolute atomic E-state index is 0.282. The Balaban J connectivity index is 1.71. The monoisotopic (exact) mass is 294 g/mol. The van der Waals surface area contributed by atoms with Gasteiger partial charge in [-0.05, 0) is 30.4 Å². The molecule has 2 aliphatic rings. The second-order valence-corrected chi connectivity index (χ2v) is 6.55. The molecule has 3 nitrogen and oxygen atoms in total. The predicted octanol–water partition coefficient (Wildman–Crippen LogP) is 3.91. The second-order valence-electron chi connectivity index (χ2n) is 5.59. The Morgan fingerprint density at radius 3 is 2.80 bits per heavy atom. The van der Waals surface area contributed by atoms with E-state index in [0.29, 0.717) is 16.9 Å². The van der Waals surface area contributed by atoms with Crippen molar-refractivity contribution in [2.75, 3.05) is 24.7 Å². The van der Waals surface area contributed by atoms with Crippen LogP contribution in [-0.4, -0.2) is 24.6 Å². The number of halogens is 1. The molecule has 0 saturated heterocycles. The number of rotatable bonds is 2. The SMILES string of the molecule is COc1ccc(F)c(NC2=NCC3(CCCC3)CS2)c1. The lowest BCUT2D eigenvalue weighted by molar-refractivity contribution is 0.359. The highest BCUT2D eigenvalue weighted by Crippen LogP contribution is 2.43. The van der Waals surface area contributed by atoms with Crippen LogP contribution in [0.3, 0.4) is 0 Å². The molecule has 1 N–H and O–H groups in total. The first-order valence-corrected chi connectivity index (χ1v) is 7.97. The van der Waals surface area contributed by atoms with Gasteiger partial charge in [0.1, 0.15) is 11.6 Å². The Morgan fingerprint density at radius 1 is 1.35 bits per heavy atom. The minimum Gasteiger partial charge on any atom is -0.497 e. The predicted molar refractivity (Wildman–Crippen MR) is 82.2 cm³/mol. The maximum atomic E-state index is 13.8. The van der Waals surface area contributed by atoms with Gasteiger partial charge in [0.2, 0.25) is 0 Å². The van der Waals surface area contributed by atoms with Gasteiger partial charge in [0.05, 0.1) is 12.8 Å². The average Bonchev–Trinajstić information content (AvgIpc) is 2.92. The molecule has 1 aliphatic carbocycles. The first-order chi connectivity index (χ1) is 9.71. The molecule has 1 heterocycles. The summed E-state index contributed by atoms with van der Waals surface area (Å²) in [6.45, 7) is 0.869. The van der Waals surface area contributed by atoms with Gasteiger partial charge in [0, 0.05) is 18.4 Å². The Kier molecular flexibility index (Phi) is 3.87. The molecule has 20 heavy (non-hydrogen) atoms. The highest BCUT2D eigenvalue weighted by atomic mass is 32.2. The summed E-state index contributed by atoms with van der Waals surface area (Å²) in [6, 6.07) is 4.69. The standard InChI is InChI=1S/C15H19FN2OS/c1-19-11-4-5-12(16)13(8-11)18-14-17-9-15(10-20-14)6-2-3-7-15/h4-5,8H,2-3,6-7,9-10H2,1H3,(H,17,18). The Hall–Kier alpha value is -1.23. The van der Waals surface area contributed by atoms with E-state index in [-0.39, 0.29) is 5.82 Å². The van der Waals surface area contributed by atoms with Crippen LogP contribution in [0, 0.1) is 11.2 Å². The summed E-state index contributed by atoms with van der Waals surface area (Å²) in [6.07, 6.45) is 5.21. The van der Waals surface area contributed by atoms with Crippen molar-refractivity contribution in [1.29, 1.82) is 0 Å². The van der Waals surface area contributed by atoms with Crippen molar-refractivity contribution in [3.8, 4) is 5.75 Å². The van der Waals surface area contributed by atoms with E-state index in [9.17, 15) is 4.39 Å². The molecule has 0 atom stereocenters. The molecule has 1 aromatic carbocycles. The van der Waals surface area contributed by atoms with Crippen LogP contribution in [0.25, 0.3) is 0 Å². The third-order valence-electron chi connectivity index (χ3n) is 4.15. The third kappa shape index (κ3) is 2.77. The van der Waals surface area contributed by atoms with E-state index in [2.05, 4.69) is 10.3 Å². The fraction of sp³-hybridized carbons (Fsp3) is 0.533. The summed E-state index contributed by atoms with van der Waals surface area (Å²) in [5.41, 5.74) is 0.834. The number of aliphatic imine (C=N–C) groups is 1. The van der Waals surface area contributed by atoms with Gasteiger partial charge < -0.3 is 10.1 Å². The number of nitrogens with zero attached hydrogens (tertiary/aromatic N) is 1. The van der Waals surface area contributed by atoms with Crippen molar-refractivity contribution in [3.05, 3.63) is 24.0 Å². The van der Waals surface area contributed by atoms with E-state index in [1.807, 2.05) is 0 Å². The van der Waals surface area contributed by atoms with Crippen LogP contribution >= 0.6 is 11.8 Å². The number of hydrogen-bond acceptors (Lipinski definition) is 4. The van der Waals surface area contributed by atoms with Crippen molar-refractivity contribution in [2.24, 2.45) is 10.4 Å². The van der Waals surface area contributed by atoms with E-state index < -0.39 is 0 Å². The van der Waals surface area contributed by atoms with E-state index in [1.165, 1.54) is 31.7 Å². The maximum Gasteiger partial charge on any atom is 0.161 e. The van der Waals surface area contributed by atoms with Crippen LogP contribution in [0.5, 0.6) is 5.75 Å². The molecule has 1 aromatic rings. The average molecular weight is 294 g/mol. The van der Waals surface area contributed by atoms with Crippen molar-refractivity contribution in [1.82, 2.24) is 0 Å². The van der Waals surface area contributed by atoms with Crippen LogP contribution in [0.4, 0.5) is 10.1 Å². The van der Waals surface area contributed by atoms with Gasteiger partial charge in [0.15, 0.2) is 5.17 Å². The Bertz CT molecular complexity index is 527. The molecule has 0 bridgehead atoms. The molecule has 1 aliphatic heterocycles. The highest BCUT2D eigenvalue weighted by Gasteiger charge is 2.36. The summed E-state index contributed by atoms with van der Waals surface area (Å²) >= 11 is 1.71. The second kappa shape index (κ2) is 5.64. The first-order valence-electron chi connectivity index (χ1n) is 6.99. The highest BCUT2D eigenvalue weighted by molar-refractivity contribution is 8.14. The lowest BCUT2D eigenvalue weighted by Crippen LogP contribution is -2.30. The zero-order chi connectivity index (χ0) is 14.0. The molecule has 3 rings (SSSR count). The van der Waals surface area contributed by atoms with Gasteiger partial charge in [0.25, 0.3) is 0 Å². The molecule has 1 spiro atoms. The number of anilines is 1. The lowest BCUT2D eigenvalue weighted by atomic mass is 9.89. The van der Waals surface area contributed by atoms with E-state index in [0.717, 1.165) is 17.5 Å². The fourth-order valence-electron chi connectivity index (χ4n) is 2.90. The largest absolute Gasteiger partial charge is 0.497 e. The van der Waals surface area contributed by atoms with Crippen molar-refractivity contribution >= 4 is 22.6 Å². The van der Waals surface area contributed by atoms with Crippen LogP contribution in [0.1, 0.15) is 25.7 Å². The molecule has 0 aromatic heterocycles. The first kappa shape index (κ1) is 13.7. The van der Waals surface area contributed by atoms with Crippen LogP contribution in [0.15, 0.2) is 23.2 Å². The molecule has 1 fully saturated rings. The third-order valence-corrected chi connectivity index (χ3v) is 5.41. The van der Waals surface area contributed by atoms with Gasteiger partial charge in [-0.1, -0.05) is 24.6 Å². The number of thioether (sulfide) groups is 1. The van der Waals surface area contributed by atoms with E-state index >= 15 is 0 Å². The Labute approximate surface area is 123 Å². The number of hydrogen-bond donors (Lipinski definition) is 1. The Morgan fingerprint density at radius 2 is 2.15 bits per heavy atom. The molecule has 5 heteroatoms. The van der Waals surface area contributed by atoms with Gasteiger partial charge >= 0.3 is 0 Å².